The zero-order chi connectivity index (χ0) is 59.0. The van der Waals surface area contributed by atoms with Crippen molar-refractivity contribution < 1.29 is 57.5 Å². The normalized spacial score (nSPS) is 21.8. The van der Waals surface area contributed by atoms with Crippen molar-refractivity contribution in [3.05, 3.63) is 48.0 Å². The summed E-state index contributed by atoms with van der Waals surface area (Å²) >= 11 is 0. The maximum atomic E-state index is 14.7. The molecular weight excluding hydrogens is 1030 g/mol. The first kappa shape index (κ1) is 65.2. The summed E-state index contributed by atoms with van der Waals surface area (Å²) in [5.41, 5.74) is -0.211. The molecule has 3 heterocycles. The maximum Gasteiger partial charge on any atom is 0.272 e. The smallest absolute Gasteiger partial charge is 0.272 e. The highest BCUT2D eigenvalue weighted by Gasteiger charge is 2.64. The molecule has 5 rings (SSSR count). The molecule has 0 aromatic heterocycles. The summed E-state index contributed by atoms with van der Waals surface area (Å²) in [6.45, 7) is 15.9. The summed E-state index contributed by atoms with van der Waals surface area (Å²) in [4.78, 5) is 135. The van der Waals surface area contributed by atoms with Crippen LogP contribution in [-0.2, 0) is 57.5 Å². The number of rotatable bonds is 31. The molecule has 1 aliphatic carbocycles. The molecule has 1 aromatic carbocycles. The van der Waals surface area contributed by atoms with E-state index < -0.39 is 59.6 Å². The molecule has 0 spiro atoms. The van der Waals surface area contributed by atoms with E-state index in [4.69, 9.17) is 14.3 Å². The summed E-state index contributed by atoms with van der Waals surface area (Å²) in [5.74, 6) is -4.31. The van der Waals surface area contributed by atoms with Crippen LogP contribution < -0.4 is 16.0 Å². The lowest BCUT2D eigenvalue weighted by molar-refractivity contribution is -0.200. The zero-order valence-electron chi connectivity index (χ0n) is 49.7. The second kappa shape index (κ2) is 30.4. The van der Waals surface area contributed by atoms with Crippen molar-refractivity contribution in [1.29, 1.82) is 0 Å². The lowest BCUT2D eigenvalue weighted by Gasteiger charge is -2.43. The minimum absolute atomic E-state index is 0.0108. The van der Waals surface area contributed by atoms with Gasteiger partial charge in [-0.05, 0) is 88.9 Å². The highest BCUT2D eigenvalue weighted by molar-refractivity contribution is 6.12. The van der Waals surface area contributed by atoms with Crippen LogP contribution in [-0.4, -0.2) is 206 Å². The molecule has 80 heavy (non-hydrogen) atoms. The SMILES string of the molecule is CC[C@H](C)[C@@H]([C@@H](CC(=O)N1CCC[C@H]1[C@H](OC)[C@@H](C)C(=O)N[C@@]1(C(=O)N2CCCCO2)C[C@@H]1c1ccccc1)OC)N(C)[C@H](C(=O)NC(=O)[C@H](C(C)C)N(C)CCCC(=O)N(C)CCNC(=O)CCCN1C(=O)C=CC1=O)C(C)C. The molecule has 3 aliphatic heterocycles. The number of hydrogen-bond acceptors (Lipinski definition) is 14. The number of imide groups is 2. The van der Waals surface area contributed by atoms with Crippen molar-refractivity contribution in [2.75, 3.05) is 81.2 Å². The van der Waals surface area contributed by atoms with Crippen molar-refractivity contribution >= 4 is 53.2 Å². The number of hydrogen-bond donors (Lipinski definition) is 3. The Morgan fingerprint density at radius 1 is 0.800 bits per heavy atom. The molecule has 446 valence electrons. The van der Waals surface area contributed by atoms with Gasteiger partial charge in [0.25, 0.3) is 17.7 Å². The van der Waals surface area contributed by atoms with Crippen LogP contribution in [0.3, 0.4) is 0 Å². The molecule has 9 amide bonds. The number of amides is 9. The molecule has 4 aliphatic rings. The van der Waals surface area contributed by atoms with Crippen LogP contribution in [0.1, 0.15) is 131 Å². The Kier molecular flexibility index (Phi) is 24.8. The van der Waals surface area contributed by atoms with E-state index in [0.29, 0.717) is 64.8 Å². The van der Waals surface area contributed by atoms with Crippen LogP contribution in [0.25, 0.3) is 0 Å². The largest absolute Gasteiger partial charge is 0.379 e. The van der Waals surface area contributed by atoms with Crippen LogP contribution in [0.15, 0.2) is 42.5 Å². The minimum atomic E-state index is -1.17. The molecular formula is C59H93N9O12. The van der Waals surface area contributed by atoms with E-state index >= 15 is 0 Å². The number of nitrogens with zero attached hydrogens (tertiary/aromatic N) is 6. The lowest BCUT2D eigenvalue weighted by atomic mass is 9.87. The van der Waals surface area contributed by atoms with Crippen LogP contribution in [0.4, 0.5) is 0 Å². The summed E-state index contributed by atoms with van der Waals surface area (Å²) in [7, 11) is 8.41. The lowest BCUT2D eigenvalue weighted by Crippen LogP contribution is -2.60. The van der Waals surface area contributed by atoms with Gasteiger partial charge >= 0.3 is 0 Å². The Labute approximate surface area is 474 Å². The fourth-order valence-electron chi connectivity index (χ4n) is 12.1. The Bertz CT molecular complexity index is 2310. The second-order valence-corrected chi connectivity index (χ2v) is 23.1. The van der Waals surface area contributed by atoms with Gasteiger partial charge in [-0.3, -0.25) is 68.0 Å². The van der Waals surface area contributed by atoms with E-state index in [1.807, 2.05) is 81.8 Å². The number of likely N-dealkylation sites (N-methyl/N-ethyl adjacent to an activating group) is 3. The fourth-order valence-corrected chi connectivity index (χ4v) is 12.1. The van der Waals surface area contributed by atoms with Crippen molar-refractivity contribution in [3.8, 4) is 0 Å². The number of carbonyl (C=O) groups excluding carboxylic acids is 9. The van der Waals surface area contributed by atoms with Gasteiger partial charge in [-0.2, -0.15) is 0 Å². The van der Waals surface area contributed by atoms with E-state index in [2.05, 4.69) is 22.9 Å². The Balaban J connectivity index is 1.17. The predicted octanol–water partition coefficient (Wildman–Crippen LogP) is 3.66. The van der Waals surface area contributed by atoms with Gasteiger partial charge in [0.05, 0.1) is 49.3 Å². The number of likely N-dealkylation sites (tertiary alicyclic amines) is 1. The standard InChI is InChI=1S/C59H93N9O12/c1-13-40(6)53(45(78-11)36-50(73)66-31-19-24-44(66)54(79-12)41(7)55(74)62-59(58(77)68-33-17-18-35-80-68)37-43(59)42-22-15-14-16-23-42)65(10)52(39(4)5)57(76)61-56(75)51(38(2)3)64(9)30-21-26-47(70)63(8)34-29-60-46(69)25-20-32-67-48(71)27-28-49(67)72/h14-16,22-23,27-28,38-41,43-45,51-54H,13,17-21,24-26,29-37H2,1-12H3,(H,60,69)(H,62,74)(H,61,75,76)/t40-,41+,43+,44-,45+,51-,52-,53-,54+,59-/m0/s1. The van der Waals surface area contributed by atoms with Gasteiger partial charge in [0, 0.05) is 90.9 Å². The van der Waals surface area contributed by atoms with Gasteiger partial charge in [-0.15, -0.1) is 0 Å². The predicted molar refractivity (Wildman–Crippen MR) is 301 cm³/mol. The fraction of sp³-hybridized carbons (Fsp3) is 0.712. The van der Waals surface area contributed by atoms with E-state index in [9.17, 15) is 43.2 Å². The first-order valence-corrected chi connectivity index (χ1v) is 29.0. The molecule has 21 heteroatoms. The molecule has 3 N–H and O–H groups in total. The first-order chi connectivity index (χ1) is 38.0. The average Bonchev–Trinajstić information content (AvgIpc) is 4.02. The molecule has 10 atom stereocenters. The molecule has 0 radical (unpaired) electrons. The van der Waals surface area contributed by atoms with Crippen molar-refractivity contribution in [2.24, 2.45) is 23.7 Å². The third-order valence-corrected chi connectivity index (χ3v) is 16.8. The highest BCUT2D eigenvalue weighted by Crippen LogP contribution is 2.53. The highest BCUT2D eigenvalue weighted by atomic mass is 16.7. The quantitative estimate of drug-likeness (QED) is 0.0901. The van der Waals surface area contributed by atoms with Crippen LogP contribution in [0.2, 0.25) is 0 Å². The summed E-state index contributed by atoms with van der Waals surface area (Å²) in [6, 6.07) is 7.36. The van der Waals surface area contributed by atoms with Crippen molar-refractivity contribution in [2.45, 2.75) is 167 Å². The molecule has 3 fully saturated rings. The second-order valence-electron chi connectivity index (χ2n) is 23.1. The third-order valence-electron chi connectivity index (χ3n) is 16.8. The number of methoxy groups -OCH3 is 2. The van der Waals surface area contributed by atoms with E-state index in [-0.39, 0.29) is 104 Å². The monoisotopic (exact) mass is 1120 g/mol. The molecule has 0 bridgehead atoms. The average molecular weight is 1120 g/mol. The minimum Gasteiger partial charge on any atom is -0.379 e. The van der Waals surface area contributed by atoms with Crippen LogP contribution >= 0.6 is 0 Å². The topological polar surface area (TPSA) is 237 Å². The van der Waals surface area contributed by atoms with Gasteiger partial charge < -0.3 is 29.9 Å². The van der Waals surface area contributed by atoms with Crippen molar-refractivity contribution in [3.63, 3.8) is 0 Å². The van der Waals surface area contributed by atoms with Crippen molar-refractivity contribution in [1.82, 2.24) is 45.5 Å². The van der Waals surface area contributed by atoms with E-state index in [1.165, 1.54) is 22.1 Å². The van der Waals surface area contributed by atoms with Gasteiger partial charge in [0.1, 0.15) is 5.54 Å². The number of ether oxygens (including phenoxy) is 2. The van der Waals surface area contributed by atoms with Gasteiger partial charge in [-0.25, -0.2) is 5.06 Å². The summed E-state index contributed by atoms with van der Waals surface area (Å²) < 4.78 is 12.3. The Morgan fingerprint density at radius 2 is 1.46 bits per heavy atom. The number of hydroxylamine groups is 2. The van der Waals surface area contributed by atoms with Gasteiger partial charge in [0.15, 0.2) is 0 Å². The van der Waals surface area contributed by atoms with Crippen LogP contribution in [0.5, 0.6) is 0 Å². The van der Waals surface area contributed by atoms with Gasteiger partial charge in [0.2, 0.25) is 35.4 Å². The summed E-state index contributed by atoms with van der Waals surface area (Å²) in [6.07, 6.45) is 6.27. The van der Waals surface area contributed by atoms with E-state index in [1.54, 1.807) is 40.1 Å². The number of carbonyl (C=O) groups is 9. The third kappa shape index (κ3) is 16.5. The first-order valence-electron chi connectivity index (χ1n) is 29.0. The molecule has 1 saturated carbocycles. The molecule has 1 aromatic rings. The Morgan fingerprint density at radius 3 is 2.06 bits per heavy atom. The Hall–Kier alpha value is -5.61. The molecule has 2 saturated heterocycles. The van der Waals surface area contributed by atoms with E-state index in [0.717, 1.165) is 23.3 Å². The number of nitrogens with one attached hydrogen (secondary N) is 3. The maximum absolute atomic E-state index is 14.7. The summed E-state index contributed by atoms with van der Waals surface area (Å²) in [5, 5.41) is 10.1. The van der Waals surface area contributed by atoms with Gasteiger partial charge in [-0.1, -0.05) is 85.2 Å². The number of benzene rings is 1. The zero-order valence-corrected chi connectivity index (χ0v) is 49.7. The molecule has 0 unspecified atom stereocenters. The molecule has 21 nitrogen and oxygen atoms in total. The van der Waals surface area contributed by atoms with Crippen LogP contribution in [0, 0.1) is 23.7 Å².